The number of nitrogens with one attached hydrogen (secondary N) is 2. The van der Waals surface area contributed by atoms with Crippen LogP contribution in [-0.4, -0.2) is 29.6 Å². The van der Waals surface area contributed by atoms with Gasteiger partial charge in [0.25, 0.3) is 0 Å². The van der Waals surface area contributed by atoms with Gasteiger partial charge in [0, 0.05) is 11.7 Å². The zero-order valence-corrected chi connectivity index (χ0v) is 11.4. The molecule has 0 aliphatic carbocycles. The molecule has 1 atom stereocenters. The standard InChI is InChI=1S/C13H15F3N2O3/c1-7(6-19)17-11(20)12(21)18-10-5-3-4-9(8(10)2)13(14,15)16/h3-5,7,19H,6H2,1-2H3,(H,17,20)(H,18,21). The van der Waals surface area contributed by atoms with Gasteiger partial charge in [-0.25, -0.2) is 0 Å². The van der Waals surface area contributed by atoms with Gasteiger partial charge in [-0.15, -0.1) is 0 Å². The Hall–Kier alpha value is -2.09. The van der Waals surface area contributed by atoms with Crippen molar-refractivity contribution in [3.8, 4) is 0 Å². The summed E-state index contributed by atoms with van der Waals surface area (Å²) in [6, 6.07) is 2.66. The zero-order valence-electron chi connectivity index (χ0n) is 11.4. The maximum atomic E-state index is 12.7. The predicted molar refractivity (Wildman–Crippen MR) is 69.5 cm³/mol. The second kappa shape index (κ2) is 6.57. The first kappa shape index (κ1) is 17.0. The first-order valence-corrected chi connectivity index (χ1v) is 6.06. The van der Waals surface area contributed by atoms with Gasteiger partial charge in [0.15, 0.2) is 0 Å². The van der Waals surface area contributed by atoms with Crippen LogP contribution in [0.2, 0.25) is 0 Å². The largest absolute Gasteiger partial charge is 0.416 e. The number of rotatable bonds is 3. The molecule has 21 heavy (non-hydrogen) atoms. The lowest BCUT2D eigenvalue weighted by Crippen LogP contribution is -2.42. The Kier molecular flexibility index (Phi) is 5.31. The van der Waals surface area contributed by atoms with Crippen LogP contribution in [0.3, 0.4) is 0 Å². The molecule has 1 unspecified atom stereocenters. The van der Waals surface area contributed by atoms with Crippen molar-refractivity contribution >= 4 is 17.5 Å². The van der Waals surface area contributed by atoms with Gasteiger partial charge in [0.1, 0.15) is 0 Å². The Labute approximate surface area is 119 Å². The van der Waals surface area contributed by atoms with Crippen molar-refractivity contribution in [2.75, 3.05) is 11.9 Å². The van der Waals surface area contributed by atoms with E-state index in [-0.39, 0.29) is 17.9 Å². The summed E-state index contributed by atoms with van der Waals surface area (Å²) in [5.74, 6) is -2.13. The molecule has 0 aromatic heterocycles. The van der Waals surface area contributed by atoms with Gasteiger partial charge in [-0.1, -0.05) is 6.07 Å². The lowest BCUT2D eigenvalue weighted by Gasteiger charge is -2.15. The minimum Gasteiger partial charge on any atom is -0.394 e. The van der Waals surface area contributed by atoms with Gasteiger partial charge in [0.2, 0.25) is 0 Å². The zero-order chi connectivity index (χ0) is 16.2. The average Bonchev–Trinajstić information content (AvgIpc) is 2.39. The van der Waals surface area contributed by atoms with Crippen LogP contribution in [0.5, 0.6) is 0 Å². The van der Waals surface area contributed by atoms with Gasteiger partial charge in [-0.3, -0.25) is 9.59 Å². The first-order valence-electron chi connectivity index (χ1n) is 6.06. The van der Waals surface area contributed by atoms with Gasteiger partial charge >= 0.3 is 18.0 Å². The Bertz CT molecular complexity index is 544. The monoisotopic (exact) mass is 304 g/mol. The molecule has 3 N–H and O–H groups in total. The van der Waals surface area contributed by atoms with Crippen LogP contribution in [0.4, 0.5) is 18.9 Å². The third-order valence-corrected chi connectivity index (χ3v) is 2.74. The van der Waals surface area contributed by atoms with E-state index >= 15 is 0 Å². The van der Waals surface area contributed by atoms with Crippen molar-refractivity contribution in [2.24, 2.45) is 0 Å². The minimum atomic E-state index is -4.54. The second-order valence-electron chi connectivity index (χ2n) is 4.49. The summed E-state index contributed by atoms with van der Waals surface area (Å²) >= 11 is 0. The van der Waals surface area contributed by atoms with Crippen LogP contribution in [0.25, 0.3) is 0 Å². The van der Waals surface area contributed by atoms with Crippen molar-refractivity contribution in [3.05, 3.63) is 29.3 Å². The number of anilines is 1. The molecule has 0 saturated carbocycles. The molecule has 8 heteroatoms. The molecule has 0 fully saturated rings. The molecule has 0 bridgehead atoms. The summed E-state index contributed by atoms with van der Waals surface area (Å²) in [6.07, 6.45) is -4.54. The Morgan fingerprint density at radius 2 is 1.90 bits per heavy atom. The predicted octanol–water partition coefficient (Wildman–Crippen LogP) is 1.45. The number of alkyl halides is 3. The first-order chi connectivity index (χ1) is 9.66. The van der Waals surface area contributed by atoms with Crippen LogP contribution in [0.15, 0.2) is 18.2 Å². The van der Waals surface area contributed by atoms with Crippen molar-refractivity contribution < 1.29 is 27.9 Å². The van der Waals surface area contributed by atoms with E-state index in [4.69, 9.17) is 5.11 Å². The summed E-state index contributed by atoms with van der Waals surface area (Å²) in [7, 11) is 0. The fourth-order valence-electron chi connectivity index (χ4n) is 1.59. The number of amides is 2. The highest BCUT2D eigenvalue weighted by Gasteiger charge is 2.33. The normalized spacial score (nSPS) is 12.7. The van der Waals surface area contributed by atoms with E-state index in [9.17, 15) is 22.8 Å². The van der Waals surface area contributed by atoms with E-state index in [0.29, 0.717) is 0 Å². The van der Waals surface area contributed by atoms with Crippen LogP contribution in [0, 0.1) is 6.92 Å². The fraction of sp³-hybridized carbons (Fsp3) is 0.385. The van der Waals surface area contributed by atoms with Gasteiger partial charge in [0.05, 0.1) is 12.2 Å². The number of carbonyl (C=O) groups is 2. The minimum absolute atomic E-state index is 0.0957. The van der Waals surface area contributed by atoms with Crippen molar-refractivity contribution in [3.63, 3.8) is 0 Å². The fourth-order valence-corrected chi connectivity index (χ4v) is 1.59. The van der Waals surface area contributed by atoms with Gasteiger partial charge in [-0.2, -0.15) is 13.2 Å². The van der Waals surface area contributed by atoms with Crippen molar-refractivity contribution in [1.29, 1.82) is 0 Å². The highest BCUT2D eigenvalue weighted by molar-refractivity contribution is 6.39. The number of hydrogen-bond donors (Lipinski definition) is 3. The smallest absolute Gasteiger partial charge is 0.394 e. The Balaban J connectivity index is 2.89. The van der Waals surface area contributed by atoms with E-state index in [0.717, 1.165) is 12.1 Å². The lowest BCUT2D eigenvalue weighted by atomic mass is 10.1. The van der Waals surface area contributed by atoms with Crippen LogP contribution in [-0.2, 0) is 15.8 Å². The van der Waals surface area contributed by atoms with E-state index < -0.39 is 29.6 Å². The van der Waals surface area contributed by atoms with Crippen molar-refractivity contribution in [2.45, 2.75) is 26.1 Å². The third kappa shape index (κ3) is 4.45. The second-order valence-corrected chi connectivity index (χ2v) is 4.49. The van der Waals surface area contributed by atoms with Crippen LogP contribution >= 0.6 is 0 Å². The molecule has 2 amide bonds. The third-order valence-electron chi connectivity index (χ3n) is 2.74. The molecule has 0 heterocycles. The van der Waals surface area contributed by atoms with E-state index in [1.54, 1.807) is 0 Å². The topological polar surface area (TPSA) is 78.4 Å². The van der Waals surface area contributed by atoms with E-state index in [1.165, 1.54) is 19.9 Å². The molecular weight excluding hydrogens is 289 g/mol. The lowest BCUT2D eigenvalue weighted by molar-refractivity contribution is -0.138. The molecule has 0 aliphatic rings. The summed E-state index contributed by atoms with van der Waals surface area (Å²) in [5, 5.41) is 13.1. The van der Waals surface area contributed by atoms with Gasteiger partial charge < -0.3 is 15.7 Å². The van der Waals surface area contributed by atoms with E-state index in [2.05, 4.69) is 10.6 Å². The summed E-state index contributed by atoms with van der Waals surface area (Å²) in [4.78, 5) is 23.0. The number of aliphatic hydroxyl groups is 1. The SMILES string of the molecule is Cc1c(NC(=O)C(=O)NC(C)CO)cccc1C(F)(F)F. The molecule has 1 aromatic carbocycles. The molecular formula is C13H15F3N2O3. The van der Waals surface area contributed by atoms with Gasteiger partial charge in [-0.05, 0) is 31.5 Å². The highest BCUT2D eigenvalue weighted by atomic mass is 19.4. The van der Waals surface area contributed by atoms with Crippen molar-refractivity contribution in [1.82, 2.24) is 5.32 Å². The van der Waals surface area contributed by atoms with Crippen LogP contribution in [0.1, 0.15) is 18.1 Å². The van der Waals surface area contributed by atoms with Crippen LogP contribution < -0.4 is 10.6 Å². The summed E-state index contributed by atoms with van der Waals surface area (Å²) < 4.78 is 38.2. The Morgan fingerprint density at radius 3 is 2.43 bits per heavy atom. The maximum Gasteiger partial charge on any atom is 0.416 e. The molecule has 116 valence electrons. The number of carbonyl (C=O) groups excluding carboxylic acids is 2. The molecule has 0 saturated heterocycles. The average molecular weight is 304 g/mol. The number of halogens is 3. The quantitative estimate of drug-likeness (QED) is 0.740. The van der Waals surface area contributed by atoms with E-state index in [1.807, 2.05) is 0 Å². The number of benzene rings is 1. The summed E-state index contributed by atoms with van der Waals surface area (Å²) in [5.41, 5.74) is -1.16. The molecule has 1 rings (SSSR count). The number of hydrogen-bond acceptors (Lipinski definition) is 3. The highest BCUT2D eigenvalue weighted by Crippen LogP contribution is 2.34. The molecule has 5 nitrogen and oxygen atoms in total. The molecule has 0 radical (unpaired) electrons. The summed E-state index contributed by atoms with van der Waals surface area (Å²) in [6.45, 7) is 2.31. The molecule has 0 aliphatic heterocycles. The number of aliphatic hydroxyl groups excluding tert-OH is 1. The molecule has 1 aromatic rings. The Morgan fingerprint density at radius 1 is 1.29 bits per heavy atom. The molecule has 0 spiro atoms. The maximum absolute atomic E-state index is 12.7.